The van der Waals surface area contributed by atoms with E-state index in [0.29, 0.717) is 17.9 Å². The maximum Gasteiger partial charge on any atom is 0.153 e. The van der Waals surface area contributed by atoms with Crippen molar-refractivity contribution in [1.29, 1.82) is 0 Å². The molecule has 0 aliphatic rings. The van der Waals surface area contributed by atoms with E-state index < -0.39 is 0 Å². The molecular formula is C24H29BrO3. The van der Waals surface area contributed by atoms with Crippen molar-refractivity contribution in [2.45, 2.75) is 59.5 Å². The van der Waals surface area contributed by atoms with Gasteiger partial charge in [-0.25, -0.2) is 0 Å². The second-order valence-corrected chi connectivity index (χ2v) is 7.61. The van der Waals surface area contributed by atoms with Gasteiger partial charge in [0.05, 0.1) is 16.3 Å². The molecule has 0 atom stereocenters. The highest BCUT2D eigenvalue weighted by atomic mass is 79.9. The van der Waals surface area contributed by atoms with Gasteiger partial charge in [0.2, 0.25) is 0 Å². The van der Waals surface area contributed by atoms with Crippen LogP contribution in [0, 0.1) is 0 Å². The Morgan fingerprint density at radius 3 is 2.39 bits per heavy atom. The predicted octanol–water partition coefficient (Wildman–Crippen LogP) is 7.74. The van der Waals surface area contributed by atoms with E-state index in [4.69, 9.17) is 9.15 Å². The normalized spacial score (nSPS) is 10.4. The molecule has 0 aliphatic carbocycles. The fourth-order valence-electron chi connectivity index (χ4n) is 2.86. The van der Waals surface area contributed by atoms with E-state index in [-0.39, 0.29) is 0 Å². The number of rotatable bonds is 8. The van der Waals surface area contributed by atoms with Crippen molar-refractivity contribution in [3.05, 3.63) is 63.8 Å². The molecule has 150 valence electrons. The van der Waals surface area contributed by atoms with Crippen molar-refractivity contribution in [3.63, 3.8) is 0 Å². The van der Waals surface area contributed by atoms with E-state index in [9.17, 15) is 4.79 Å². The Hall–Kier alpha value is -2.07. The van der Waals surface area contributed by atoms with Crippen molar-refractivity contribution in [2.24, 2.45) is 0 Å². The quantitative estimate of drug-likeness (QED) is 0.263. The number of carbonyl (C=O) groups excluding carboxylic acids is 1. The molecule has 0 radical (unpaired) electrons. The number of ether oxygens (including phenoxy) is 1. The summed E-state index contributed by atoms with van der Waals surface area (Å²) >= 11 is 3.50. The summed E-state index contributed by atoms with van der Waals surface area (Å²) in [4.78, 5) is 11.1. The molecule has 0 aliphatic heterocycles. The van der Waals surface area contributed by atoms with Gasteiger partial charge in [-0.15, -0.1) is 0 Å². The molecule has 4 heteroatoms. The molecule has 0 spiro atoms. The number of fused-ring (bicyclic) bond motifs is 1. The molecule has 28 heavy (non-hydrogen) atoms. The van der Waals surface area contributed by atoms with Gasteiger partial charge < -0.3 is 9.15 Å². The second-order valence-electron chi connectivity index (χ2n) is 6.76. The lowest BCUT2D eigenvalue weighted by atomic mass is 10.1. The second kappa shape index (κ2) is 11.7. The van der Waals surface area contributed by atoms with Crippen LogP contribution in [0.2, 0.25) is 0 Å². The van der Waals surface area contributed by atoms with E-state index in [2.05, 4.69) is 36.7 Å². The van der Waals surface area contributed by atoms with E-state index in [0.717, 1.165) is 39.3 Å². The maximum absolute atomic E-state index is 11.1. The summed E-state index contributed by atoms with van der Waals surface area (Å²) in [7, 11) is 0. The Kier molecular flexibility index (Phi) is 9.29. The van der Waals surface area contributed by atoms with E-state index >= 15 is 0 Å². The van der Waals surface area contributed by atoms with Gasteiger partial charge in [-0.2, -0.15) is 0 Å². The first-order valence-electron chi connectivity index (χ1n) is 9.99. The van der Waals surface area contributed by atoms with Crippen molar-refractivity contribution in [2.75, 3.05) is 0 Å². The fourth-order valence-corrected chi connectivity index (χ4v) is 3.48. The van der Waals surface area contributed by atoms with Crippen molar-refractivity contribution in [3.8, 4) is 5.75 Å². The minimum absolute atomic E-state index is 0.397. The van der Waals surface area contributed by atoms with Gasteiger partial charge >= 0.3 is 0 Å². The monoisotopic (exact) mass is 444 g/mol. The number of furan rings is 1. The van der Waals surface area contributed by atoms with Crippen LogP contribution in [0.4, 0.5) is 0 Å². The highest BCUT2D eigenvalue weighted by molar-refractivity contribution is 9.10. The summed E-state index contributed by atoms with van der Waals surface area (Å²) in [5, 5.41) is 1.02. The average Bonchev–Trinajstić information content (AvgIpc) is 3.20. The number of benzene rings is 2. The molecule has 0 bridgehead atoms. The summed E-state index contributed by atoms with van der Waals surface area (Å²) in [6.45, 7) is 6.93. The van der Waals surface area contributed by atoms with Gasteiger partial charge in [-0.1, -0.05) is 52.5 Å². The van der Waals surface area contributed by atoms with Gasteiger partial charge in [0.15, 0.2) is 6.29 Å². The molecule has 0 unspecified atom stereocenters. The average molecular weight is 445 g/mol. The predicted molar refractivity (Wildman–Crippen MR) is 119 cm³/mol. The summed E-state index contributed by atoms with van der Waals surface area (Å²) in [6, 6.07) is 11.6. The van der Waals surface area contributed by atoms with Gasteiger partial charge in [0.25, 0.3) is 0 Å². The highest BCUT2D eigenvalue weighted by Crippen LogP contribution is 2.28. The number of halogens is 1. The SMILES string of the molecule is CCCCCC.CCc1ccc(C=O)c(OCc2cc(Br)c3occc3c2)c1. The van der Waals surface area contributed by atoms with Crippen LogP contribution in [-0.4, -0.2) is 6.29 Å². The molecular weight excluding hydrogens is 416 g/mol. The lowest BCUT2D eigenvalue weighted by Crippen LogP contribution is -1.99. The maximum atomic E-state index is 11.1. The molecule has 3 aromatic rings. The molecule has 3 rings (SSSR count). The van der Waals surface area contributed by atoms with Crippen molar-refractivity contribution < 1.29 is 13.9 Å². The van der Waals surface area contributed by atoms with Crippen LogP contribution < -0.4 is 4.74 Å². The molecule has 0 saturated carbocycles. The van der Waals surface area contributed by atoms with Crippen LogP contribution in [0.15, 0.2) is 51.6 Å². The molecule has 0 fully saturated rings. The smallest absolute Gasteiger partial charge is 0.153 e. The molecule has 0 saturated heterocycles. The first kappa shape index (κ1) is 22.2. The van der Waals surface area contributed by atoms with Gasteiger partial charge in [-0.05, 0) is 63.8 Å². The molecule has 1 heterocycles. The van der Waals surface area contributed by atoms with Crippen LogP contribution in [0.5, 0.6) is 5.75 Å². The number of aryl methyl sites for hydroxylation is 1. The summed E-state index contributed by atoms with van der Waals surface area (Å²) in [6.07, 6.45) is 8.93. The Bertz CT molecular complexity index is 879. The number of unbranched alkanes of at least 4 members (excludes halogenated alkanes) is 3. The Morgan fingerprint density at radius 1 is 1.00 bits per heavy atom. The van der Waals surface area contributed by atoms with Crippen LogP contribution in [0.1, 0.15) is 67.9 Å². The first-order valence-corrected chi connectivity index (χ1v) is 10.8. The minimum Gasteiger partial charge on any atom is -0.488 e. The van der Waals surface area contributed by atoms with Crippen LogP contribution in [0.3, 0.4) is 0 Å². The molecule has 0 amide bonds. The topological polar surface area (TPSA) is 39.4 Å². The first-order chi connectivity index (χ1) is 13.6. The van der Waals surface area contributed by atoms with E-state index in [1.807, 2.05) is 30.3 Å². The van der Waals surface area contributed by atoms with Gasteiger partial charge in [0.1, 0.15) is 17.9 Å². The third-order valence-electron chi connectivity index (χ3n) is 4.53. The van der Waals surface area contributed by atoms with Crippen LogP contribution in [0.25, 0.3) is 11.0 Å². The third kappa shape index (κ3) is 6.23. The zero-order valence-corrected chi connectivity index (χ0v) is 18.6. The number of aldehydes is 1. The molecule has 1 aromatic heterocycles. The Balaban J connectivity index is 0.000000409. The molecule has 3 nitrogen and oxygen atoms in total. The van der Waals surface area contributed by atoms with Gasteiger partial charge in [0, 0.05) is 5.39 Å². The summed E-state index contributed by atoms with van der Waals surface area (Å²) in [5.41, 5.74) is 3.55. The van der Waals surface area contributed by atoms with Crippen molar-refractivity contribution in [1.82, 2.24) is 0 Å². The zero-order valence-electron chi connectivity index (χ0n) is 17.0. The number of hydrogen-bond donors (Lipinski definition) is 0. The van der Waals surface area contributed by atoms with Crippen molar-refractivity contribution >= 4 is 33.2 Å². The zero-order chi connectivity index (χ0) is 20.4. The fraction of sp³-hybridized carbons (Fsp3) is 0.375. The Labute approximate surface area is 176 Å². The molecule has 2 aromatic carbocycles. The Morgan fingerprint density at radius 2 is 1.75 bits per heavy atom. The lowest BCUT2D eigenvalue weighted by molar-refractivity contribution is 0.111. The summed E-state index contributed by atoms with van der Waals surface area (Å²) < 4.78 is 12.1. The third-order valence-corrected chi connectivity index (χ3v) is 5.12. The van der Waals surface area contributed by atoms with E-state index in [1.165, 1.54) is 25.7 Å². The number of hydrogen-bond acceptors (Lipinski definition) is 3. The van der Waals surface area contributed by atoms with Gasteiger partial charge in [-0.3, -0.25) is 4.79 Å². The molecule has 0 N–H and O–H groups in total. The van der Waals surface area contributed by atoms with Crippen LogP contribution >= 0.6 is 15.9 Å². The lowest BCUT2D eigenvalue weighted by Gasteiger charge is -2.10. The standard InChI is InChI=1S/C18H15BrO3.C6H14/c1-2-12-3-4-15(10-20)17(9-12)22-11-13-7-14-5-6-21-18(14)16(19)8-13;1-3-5-6-4-2/h3-10H,2,11H2,1H3;3-6H2,1-2H3. The minimum atomic E-state index is 0.397. The van der Waals surface area contributed by atoms with E-state index in [1.54, 1.807) is 12.3 Å². The number of carbonyl (C=O) groups is 1. The highest BCUT2D eigenvalue weighted by Gasteiger charge is 2.08. The van der Waals surface area contributed by atoms with Crippen LogP contribution in [-0.2, 0) is 13.0 Å². The largest absolute Gasteiger partial charge is 0.488 e. The summed E-state index contributed by atoms with van der Waals surface area (Å²) in [5.74, 6) is 0.623.